The predicted octanol–water partition coefficient (Wildman–Crippen LogP) is 5.07. The minimum atomic E-state index is -0.547. The van der Waals surface area contributed by atoms with Crippen LogP contribution in [0.1, 0.15) is 52.3 Å². The summed E-state index contributed by atoms with van der Waals surface area (Å²) in [6.45, 7) is 5.91. The Morgan fingerprint density at radius 3 is 2.61 bits per heavy atom. The maximum atomic E-state index is 12.8. The zero-order valence-electron chi connectivity index (χ0n) is 15.9. The smallest absolute Gasteiger partial charge is 0.287 e. The number of ketones is 1. The van der Waals surface area contributed by atoms with Gasteiger partial charge >= 0.3 is 0 Å². The molecule has 0 spiro atoms. The standard InChI is InChI=1S/C22H20ClNO4/c1-12-18-16(8-9-17-19(18)15(25)10-22(2,3)28-17)27-20(12)21(26)24-11-13-4-6-14(23)7-5-13/h4-9H,10-11H2,1-3H3,(H,24,26). The van der Waals surface area contributed by atoms with Gasteiger partial charge in [0.05, 0.1) is 12.0 Å². The van der Waals surface area contributed by atoms with Crippen molar-refractivity contribution >= 4 is 34.3 Å². The van der Waals surface area contributed by atoms with Crippen LogP contribution in [0.5, 0.6) is 5.75 Å². The highest BCUT2D eigenvalue weighted by molar-refractivity contribution is 6.30. The number of aryl methyl sites for hydroxylation is 1. The molecule has 0 saturated carbocycles. The van der Waals surface area contributed by atoms with E-state index >= 15 is 0 Å². The third-order valence-electron chi connectivity index (χ3n) is 4.88. The number of benzene rings is 2. The van der Waals surface area contributed by atoms with E-state index in [1.165, 1.54) is 0 Å². The molecule has 0 aliphatic carbocycles. The lowest BCUT2D eigenvalue weighted by atomic mass is 9.90. The summed E-state index contributed by atoms with van der Waals surface area (Å²) in [5.74, 6) is 0.400. The van der Waals surface area contributed by atoms with Crippen molar-refractivity contribution in [2.24, 2.45) is 0 Å². The number of furan rings is 1. The fourth-order valence-corrected chi connectivity index (χ4v) is 3.70. The van der Waals surface area contributed by atoms with E-state index in [1.54, 1.807) is 31.2 Å². The van der Waals surface area contributed by atoms with E-state index in [9.17, 15) is 9.59 Å². The van der Waals surface area contributed by atoms with E-state index in [-0.39, 0.29) is 23.9 Å². The van der Waals surface area contributed by atoms with Gasteiger partial charge in [0, 0.05) is 22.5 Å². The second-order valence-corrected chi connectivity index (χ2v) is 8.08. The lowest BCUT2D eigenvalue weighted by Crippen LogP contribution is -2.35. The first-order chi connectivity index (χ1) is 13.2. The Kier molecular flexibility index (Phi) is 4.42. The largest absolute Gasteiger partial charge is 0.487 e. The van der Waals surface area contributed by atoms with Crippen LogP contribution in [-0.2, 0) is 6.54 Å². The molecule has 1 aliphatic heterocycles. The summed E-state index contributed by atoms with van der Waals surface area (Å²) in [4.78, 5) is 25.4. The van der Waals surface area contributed by atoms with E-state index in [0.29, 0.717) is 39.4 Å². The number of carbonyl (C=O) groups is 2. The number of hydrogen-bond donors (Lipinski definition) is 1. The summed E-state index contributed by atoms with van der Waals surface area (Å²) in [5, 5.41) is 4.14. The second-order valence-electron chi connectivity index (χ2n) is 7.64. The number of carbonyl (C=O) groups excluding carboxylic acids is 2. The molecular weight excluding hydrogens is 378 g/mol. The molecular formula is C22H20ClNO4. The summed E-state index contributed by atoms with van der Waals surface area (Å²) in [7, 11) is 0. The van der Waals surface area contributed by atoms with Gasteiger partial charge in [-0.15, -0.1) is 0 Å². The van der Waals surface area contributed by atoms with Crippen LogP contribution in [0.15, 0.2) is 40.8 Å². The Balaban J connectivity index is 1.66. The zero-order chi connectivity index (χ0) is 20.1. The Hall–Kier alpha value is -2.79. The van der Waals surface area contributed by atoms with Crippen molar-refractivity contribution in [2.45, 2.75) is 39.3 Å². The normalized spacial score (nSPS) is 15.2. The number of fused-ring (bicyclic) bond motifs is 3. The molecule has 0 radical (unpaired) electrons. The van der Waals surface area contributed by atoms with Gasteiger partial charge in [0.1, 0.15) is 16.9 Å². The first-order valence-corrected chi connectivity index (χ1v) is 9.44. The molecule has 5 nitrogen and oxygen atoms in total. The third kappa shape index (κ3) is 3.27. The van der Waals surface area contributed by atoms with Crippen molar-refractivity contribution < 1.29 is 18.7 Å². The first-order valence-electron chi connectivity index (χ1n) is 9.06. The van der Waals surface area contributed by atoms with E-state index in [0.717, 1.165) is 5.56 Å². The molecule has 2 aromatic carbocycles. The molecule has 0 fully saturated rings. The molecule has 1 N–H and O–H groups in total. The Morgan fingerprint density at radius 2 is 1.89 bits per heavy atom. The predicted molar refractivity (Wildman–Crippen MR) is 107 cm³/mol. The number of hydrogen-bond acceptors (Lipinski definition) is 4. The lowest BCUT2D eigenvalue weighted by molar-refractivity contribution is 0.0623. The summed E-state index contributed by atoms with van der Waals surface area (Å²) in [6, 6.07) is 10.7. The minimum absolute atomic E-state index is 0.00567. The van der Waals surface area contributed by atoms with Crippen LogP contribution in [0.25, 0.3) is 11.0 Å². The lowest BCUT2D eigenvalue weighted by Gasteiger charge is -2.31. The molecule has 4 rings (SSSR count). The van der Waals surface area contributed by atoms with Gasteiger partial charge in [-0.25, -0.2) is 0 Å². The summed E-state index contributed by atoms with van der Waals surface area (Å²) < 4.78 is 11.8. The van der Waals surface area contributed by atoms with Gasteiger partial charge in [-0.3, -0.25) is 9.59 Å². The highest BCUT2D eigenvalue weighted by Crippen LogP contribution is 2.40. The first kappa shape index (κ1) is 18.6. The van der Waals surface area contributed by atoms with Crippen molar-refractivity contribution in [3.05, 3.63) is 63.9 Å². The Bertz CT molecular complexity index is 1100. The minimum Gasteiger partial charge on any atom is -0.487 e. The molecule has 28 heavy (non-hydrogen) atoms. The molecule has 0 atom stereocenters. The molecule has 2 heterocycles. The molecule has 6 heteroatoms. The fraction of sp³-hybridized carbons (Fsp3) is 0.273. The van der Waals surface area contributed by atoms with Gasteiger partial charge in [0.15, 0.2) is 11.5 Å². The van der Waals surface area contributed by atoms with Gasteiger partial charge in [0.25, 0.3) is 5.91 Å². The monoisotopic (exact) mass is 397 g/mol. The van der Waals surface area contributed by atoms with Gasteiger partial charge < -0.3 is 14.5 Å². The number of ether oxygens (including phenoxy) is 1. The second kappa shape index (κ2) is 6.67. The van der Waals surface area contributed by atoms with E-state index < -0.39 is 5.60 Å². The van der Waals surface area contributed by atoms with Gasteiger partial charge in [0.2, 0.25) is 0 Å². The Labute approximate surface area is 167 Å². The van der Waals surface area contributed by atoms with E-state index in [1.807, 2.05) is 26.0 Å². The molecule has 0 unspecified atom stereocenters. The van der Waals surface area contributed by atoms with Crippen LogP contribution < -0.4 is 10.1 Å². The number of Topliss-reactive ketones (excluding diaryl/α,β-unsaturated/α-hetero) is 1. The number of amides is 1. The van der Waals surface area contributed by atoms with Gasteiger partial charge in [-0.1, -0.05) is 23.7 Å². The maximum Gasteiger partial charge on any atom is 0.287 e. The van der Waals surface area contributed by atoms with Crippen LogP contribution in [-0.4, -0.2) is 17.3 Å². The average molecular weight is 398 g/mol. The molecule has 3 aromatic rings. The molecule has 1 aliphatic rings. The SMILES string of the molecule is Cc1c(C(=O)NCc2ccc(Cl)cc2)oc2ccc3c(c12)C(=O)CC(C)(C)O3. The van der Waals surface area contributed by atoms with Crippen LogP contribution in [0.4, 0.5) is 0 Å². The van der Waals surface area contributed by atoms with Crippen LogP contribution in [0.3, 0.4) is 0 Å². The maximum absolute atomic E-state index is 12.8. The molecule has 1 amide bonds. The van der Waals surface area contributed by atoms with Gasteiger partial charge in [-0.2, -0.15) is 0 Å². The van der Waals surface area contributed by atoms with Crippen LogP contribution >= 0.6 is 11.6 Å². The molecule has 0 bridgehead atoms. The fourth-order valence-electron chi connectivity index (χ4n) is 3.57. The molecule has 1 aromatic heterocycles. The number of halogens is 1. The average Bonchev–Trinajstić information content (AvgIpc) is 2.96. The van der Waals surface area contributed by atoms with E-state index in [4.69, 9.17) is 20.8 Å². The highest BCUT2D eigenvalue weighted by Gasteiger charge is 2.35. The summed E-state index contributed by atoms with van der Waals surface area (Å²) in [5.41, 5.74) is 2.01. The third-order valence-corrected chi connectivity index (χ3v) is 5.13. The topological polar surface area (TPSA) is 68.5 Å². The zero-order valence-corrected chi connectivity index (χ0v) is 16.6. The highest BCUT2D eigenvalue weighted by atomic mass is 35.5. The summed E-state index contributed by atoms with van der Waals surface area (Å²) >= 11 is 5.88. The molecule has 144 valence electrons. The quantitative estimate of drug-likeness (QED) is 0.670. The van der Waals surface area contributed by atoms with Crippen molar-refractivity contribution in [2.75, 3.05) is 0 Å². The molecule has 0 saturated heterocycles. The summed E-state index contributed by atoms with van der Waals surface area (Å²) in [6.07, 6.45) is 0.280. The van der Waals surface area contributed by atoms with Crippen molar-refractivity contribution in [3.8, 4) is 5.75 Å². The van der Waals surface area contributed by atoms with E-state index in [2.05, 4.69) is 5.32 Å². The van der Waals surface area contributed by atoms with Crippen molar-refractivity contribution in [3.63, 3.8) is 0 Å². The number of rotatable bonds is 3. The Morgan fingerprint density at radius 1 is 1.18 bits per heavy atom. The van der Waals surface area contributed by atoms with Crippen LogP contribution in [0, 0.1) is 6.92 Å². The van der Waals surface area contributed by atoms with Crippen molar-refractivity contribution in [1.29, 1.82) is 0 Å². The van der Waals surface area contributed by atoms with Crippen LogP contribution in [0.2, 0.25) is 5.02 Å². The number of nitrogens with one attached hydrogen (secondary N) is 1. The van der Waals surface area contributed by atoms with Crippen molar-refractivity contribution in [1.82, 2.24) is 5.32 Å². The van der Waals surface area contributed by atoms with Gasteiger partial charge in [-0.05, 0) is 50.6 Å².